The Bertz CT molecular complexity index is 708. The summed E-state index contributed by atoms with van der Waals surface area (Å²) in [5, 5.41) is 8.22. The highest BCUT2D eigenvalue weighted by atomic mass is 19.4. The molecule has 23 heavy (non-hydrogen) atoms. The number of carbonyl (C=O) groups is 2. The van der Waals surface area contributed by atoms with Crippen LogP contribution in [0.2, 0.25) is 0 Å². The van der Waals surface area contributed by atoms with Crippen LogP contribution < -0.4 is 10.6 Å². The van der Waals surface area contributed by atoms with Gasteiger partial charge in [-0.25, -0.2) is 0 Å². The Morgan fingerprint density at radius 3 is 2.26 bits per heavy atom. The molecule has 1 heterocycles. The maximum atomic E-state index is 12.4. The van der Waals surface area contributed by atoms with Crippen LogP contribution in [-0.2, 0) is 15.8 Å². The number of anilines is 2. The smallest absolute Gasteiger partial charge is 0.360 e. The average Bonchev–Trinajstić information content (AvgIpc) is 2.83. The summed E-state index contributed by atoms with van der Waals surface area (Å²) in [5.74, 6) is -0.616. The van der Waals surface area contributed by atoms with Gasteiger partial charge in [0.15, 0.2) is 5.82 Å². The van der Waals surface area contributed by atoms with Crippen molar-refractivity contribution in [3.8, 4) is 0 Å². The molecule has 0 radical (unpaired) electrons. The summed E-state index contributed by atoms with van der Waals surface area (Å²) in [4.78, 5) is 23.3. The van der Waals surface area contributed by atoms with E-state index >= 15 is 0 Å². The molecule has 0 saturated heterocycles. The molecule has 0 aliphatic carbocycles. The van der Waals surface area contributed by atoms with Gasteiger partial charge in [-0.1, -0.05) is 5.16 Å². The molecule has 9 heteroatoms. The lowest BCUT2D eigenvalue weighted by atomic mass is 10.2. The molecule has 0 bridgehead atoms. The molecule has 2 amide bonds. The summed E-state index contributed by atoms with van der Waals surface area (Å²) in [6.45, 7) is 1.64. The maximum Gasteiger partial charge on any atom is 0.416 e. The molecule has 6 nitrogen and oxygen atoms in total. The summed E-state index contributed by atoms with van der Waals surface area (Å²) >= 11 is 0. The van der Waals surface area contributed by atoms with Gasteiger partial charge in [0.05, 0.1) is 5.56 Å². The molecular weight excluding hydrogens is 315 g/mol. The lowest BCUT2D eigenvalue weighted by molar-refractivity contribution is -0.137. The largest absolute Gasteiger partial charge is 0.416 e. The van der Waals surface area contributed by atoms with Crippen molar-refractivity contribution in [2.24, 2.45) is 0 Å². The van der Waals surface area contributed by atoms with Crippen LogP contribution in [0, 0.1) is 6.92 Å². The molecule has 0 unspecified atom stereocenters. The number of amides is 2. The molecule has 1 aromatic carbocycles. The number of carbonyl (C=O) groups excluding carboxylic acids is 2. The van der Waals surface area contributed by atoms with Crippen molar-refractivity contribution in [3.05, 3.63) is 41.7 Å². The first-order valence-electron chi connectivity index (χ1n) is 6.44. The van der Waals surface area contributed by atoms with Gasteiger partial charge >= 0.3 is 6.18 Å². The fourth-order valence-corrected chi connectivity index (χ4v) is 1.71. The fraction of sp³-hybridized carbons (Fsp3) is 0.214. The quantitative estimate of drug-likeness (QED) is 0.846. The van der Waals surface area contributed by atoms with Gasteiger partial charge in [0.1, 0.15) is 12.2 Å². The van der Waals surface area contributed by atoms with Crippen LogP contribution in [-0.4, -0.2) is 17.0 Å². The molecule has 0 atom stereocenters. The van der Waals surface area contributed by atoms with Crippen molar-refractivity contribution in [1.82, 2.24) is 5.16 Å². The minimum atomic E-state index is -4.45. The standard InChI is InChI=1S/C14H12F3N3O3/c1-8-6-11(20-23-8)19-13(22)7-12(21)18-10-4-2-9(3-5-10)14(15,16)17/h2-6H,7H2,1H3,(H,18,21)(H,19,20,22). The number of benzene rings is 1. The van der Waals surface area contributed by atoms with Crippen LogP contribution in [0.3, 0.4) is 0 Å². The molecule has 0 saturated carbocycles. The third-order valence-electron chi connectivity index (χ3n) is 2.71. The van der Waals surface area contributed by atoms with E-state index in [1.54, 1.807) is 6.92 Å². The van der Waals surface area contributed by atoms with Crippen LogP contribution in [0.1, 0.15) is 17.7 Å². The Labute approximate surface area is 128 Å². The molecule has 0 aliphatic rings. The molecular formula is C14H12F3N3O3. The molecule has 1 aromatic heterocycles. The van der Waals surface area contributed by atoms with Crippen LogP contribution in [0.15, 0.2) is 34.9 Å². The van der Waals surface area contributed by atoms with Crippen LogP contribution in [0.5, 0.6) is 0 Å². The number of rotatable bonds is 4. The Morgan fingerprint density at radius 1 is 1.13 bits per heavy atom. The van der Waals surface area contributed by atoms with E-state index in [9.17, 15) is 22.8 Å². The monoisotopic (exact) mass is 327 g/mol. The van der Waals surface area contributed by atoms with Crippen LogP contribution >= 0.6 is 0 Å². The van der Waals surface area contributed by atoms with Crippen molar-refractivity contribution in [3.63, 3.8) is 0 Å². The van der Waals surface area contributed by atoms with Gasteiger partial charge in [0, 0.05) is 11.8 Å². The Hall–Kier alpha value is -2.84. The number of aromatic nitrogens is 1. The van der Waals surface area contributed by atoms with Gasteiger partial charge in [0.25, 0.3) is 0 Å². The Balaban J connectivity index is 1.88. The van der Waals surface area contributed by atoms with Gasteiger partial charge in [0.2, 0.25) is 11.8 Å². The van der Waals surface area contributed by atoms with Crippen molar-refractivity contribution in [2.45, 2.75) is 19.5 Å². The number of hydrogen-bond donors (Lipinski definition) is 2. The minimum Gasteiger partial charge on any atom is -0.360 e. The summed E-state index contributed by atoms with van der Waals surface area (Å²) in [6.07, 6.45) is -4.95. The summed E-state index contributed by atoms with van der Waals surface area (Å²) in [5.41, 5.74) is -0.664. The van der Waals surface area contributed by atoms with Gasteiger partial charge in [-0.15, -0.1) is 0 Å². The van der Waals surface area contributed by atoms with E-state index in [2.05, 4.69) is 15.8 Å². The van der Waals surface area contributed by atoms with Gasteiger partial charge in [-0.3, -0.25) is 9.59 Å². The van der Waals surface area contributed by atoms with E-state index < -0.39 is 30.0 Å². The Morgan fingerprint density at radius 2 is 1.74 bits per heavy atom. The number of hydrogen-bond acceptors (Lipinski definition) is 4. The summed E-state index contributed by atoms with van der Waals surface area (Å²) in [6, 6.07) is 5.38. The van der Waals surface area contributed by atoms with Gasteiger partial charge in [-0.2, -0.15) is 13.2 Å². The second-order valence-electron chi connectivity index (χ2n) is 4.67. The van der Waals surface area contributed by atoms with E-state index in [0.717, 1.165) is 24.3 Å². The number of halogens is 3. The van der Waals surface area contributed by atoms with Crippen molar-refractivity contribution in [2.75, 3.05) is 10.6 Å². The fourth-order valence-electron chi connectivity index (χ4n) is 1.71. The van der Waals surface area contributed by atoms with Crippen molar-refractivity contribution in [1.29, 1.82) is 0 Å². The zero-order valence-corrected chi connectivity index (χ0v) is 11.9. The third-order valence-corrected chi connectivity index (χ3v) is 2.71. The van der Waals surface area contributed by atoms with E-state index in [0.29, 0.717) is 5.76 Å². The predicted octanol–water partition coefficient (Wildman–Crippen LogP) is 2.97. The van der Waals surface area contributed by atoms with E-state index in [-0.39, 0.29) is 11.5 Å². The molecule has 0 fully saturated rings. The number of aryl methyl sites for hydroxylation is 1. The highest BCUT2D eigenvalue weighted by molar-refractivity contribution is 6.07. The number of nitrogens with one attached hydrogen (secondary N) is 2. The van der Waals surface area contributed by atoms with Crippen molar-refractivity contribution >= 4 is 23.3 Å². The minimum absolute atomic E-state index is 0.160. The van der Waals surface area contributed by atoms with E-state index in [1.165, 1.54) is 6.07 Å². The first-order chi connectivity index (χ1) is 10.7. The number of alkyl halides is 3. The molecule has 2 rings (SSSR count). The van der Waals surface area contributed by atoms with E-state index in [1.807, 2.05) is 0 Å². The molecule has 0 spiro atoms. The molecule has 122 valence electrons. The highest BCUT2D eigenvalue weighted by Gasteiger charge is 2.30. The molecule has 0 aliphatic heterocycles. The third kappa shape index (κ3) is 4.83. The summed E-state index contributed by atoms with van der Waals surface area (Å²) < 4.78 is 42.0. The topological polar surface area (TPSA) is 84.2 Å². The zero-order valence-electron chi connectivity index (χ0n) is 11.9. The van der Waals surface area contributed by atoms with Crippen molar-refractivity contribution < 1.29 is 27.3 Å². The van der Waals surface area contributed by atoms with Crippen LogP contribution in [0.25, 0.3) is 0 Å². The number of nitrogens with zero attached hydrogens (tertiary/aromatic N) is 1. The molecule has 2 N–H and O–H groups in total. The van der Waals surface area contributed by atoms with Gasteiger partial charge < -0.3 is 15.2 Å². The lowest BCUT2D eigenvalue weighted by Gasteiger charge is -2.08. The average molecular weight is 327 g/mol. The zero-order chi connectivity index (χ0) is 17.0. The molecule has 2 aromatic rings. The first kappa shape index (κ1) is 16.5. The normalized spacial score (nSPS) is 11.1. The second-order valence-corrected chi connectivity index (χ2v) is 4.67. The lowest BCUT2D eigenvalue weighted by Crippen LogP contribution is -2.21. The van der Waals surface area contributed by atoms with Crippen LogP contribution in [0.4, 0.5) is 24.7 Å². The highest BCUT2D eigenvalue weighted by Crippen LogP contribution is 2.29. The predicted molar refractivity (Wildman–Crippen MR) is 74.6 cm³/mol. The Kier molecular flexibility index (Phi) is 4.68. The second kappa shape index (κ2) is 6.51. The first-order valence-corrected chi connectivity index (χ1v) is 6.44. The SMILES string of the molecule is Cc1cc(NC(=O)CC(=O)Nc2ccc(C(F)(F)F)cc2)no1. The maximum absolute atomic E-state index is 12.4. The van der Waals surface area contributed by atoms with Gasteiger partial charge in [-0.05, 0) is 31.2 Å². The van der Waals surface area contributed by atoms with E-state index in [4.69, 9.17) is 4.52 Å². The summed E-state index contributed by atoms with van der Waals surface area (Å²) in [7, 11) is 0.